The third-order valence-electron chi connectivity index (χ3n) is 3.32. The normalized spacial score (nSPS) is 16.7. The minimum Gasteiger partial charge on any atom is -0.386 e. The molecule has 1 N–H and O–H groups in total. The fourth-order valence-corrected chi connectivity index (χ4v) is 2.21. The number of anilines is 1. The summed E-state index contributed by atoms with van der Waals surface area (Å²) in [5, 5.41) is 9.69. The number of aliphatic hydroxyl groups is 1. The third kappa shape index (κ3) is 2.61. The zero-order chi connectivity index (χ0) is 14.2. The molecule has 102 valence electrons. The van der Waals surface area contributed by atoms with Gasteiger partial charge in [0.05, 0.1) is 29.9 Å². The first-order chi connectivity index (χ1) is 8.82. The Morgan fingerprint density at radius 3 is 2.42 bits per heavy atom. The van der Waals surface area contributed by atoms with Crippen LogP contribution in [0.1, 0.15) is 24.2 Å². The van der Waals surface area contributed by atoms with Gasteiger partial charge in [-0.05, 0) is 19.1 Å². The van der Waals surface area contributed by atoms with Crippen LogP contribution in [0.4, 0.5) is 5.69 Å². The molecule has 0 saturated carbocycles. The summed E-state index contributed by atoms with van der Waals surface area (Å²) >= 11 is 0. The molecule has 2 amide bonds. The van der Waals surface area contributed by atoms with Crippen LogP contribution < -0.4 is 4.90 Å². The minimum absolute atomic E-state index is 0.129. The van der Waals surface area contributed by atoms with Crippen LogP contribution in [0.5, 0.6) is 0 Å². The molecule has 0 aliphatic carbocycles. The number of hydrogen-bond donors (Lipinski definition) is 1. The van der Waals surface area contributed by atoms with E-state index < -0.39 is 5.60 Å². The SMILES string of the molecule is CC(=O)N(C)c1ccccc1C(=O)N1CC(C)(O)C1. The Hall–Kier alpha value is -1.88. The van der Waals surface area contributed by atoms with Gasteiger partial charge in [0.1, 0.15) is 0 Å². The van der Waals surface area contributed by atoms with Crippen LogP contribution in [0.25, 0.3) is 0 Å². The summed E-state index contributed by atoms with van der Waals surface area (Å²) < 4.78 is 0. The highest BCUT2D eigenvalue weighted by Gasteiger charge is 2.40. The maximum Gasteiger partial charge on any atom is 0.256 e. The van der Waals surface area contributed by atoms with Crippen molar-refractivity contribution in [2.24, 2.45) is 0 Å². The van der Waals surface area contributed by atoms with Crippen molar-refractivity contribution >= 4 is 17.5 Å². The average molecular weight is 262 g/mol. The number of para-hydroxylation sites is 1. The molecular formula is C14H18N2O3. The number of benzene rings is 1. The van der Waals surface area contributed by atoms with Gasteiger partial charge in [0.25, 0.3) is 5.91 Å². The molecule has 1 heterocycles. The first-order valence-corrected chi connectivity index (χ1v) is 6.17. The van der Waals surface area contributed by atoms with Gasteiger partial charge in [-0.15, -0.1) is 0 Å². The van der Waals surface area contributed by atoms with Crippen LogP contribution in [0.15, 0.2) is 24.3 Å². The van der Waals surface area contributed by atoms with Crippen molar-refractivity contribution in [3.05, 3.63) is 29.8 Å². The van der Waals surface area contributed by atoms with Crippen molar-refractivity contribution in [1.29, 1.82) is 0 Å². The van der Waals surface area contributed by atoms with Crippen LogP contribution in [0.2, 0.25) is 0 Å². The van der Waals surface area contributed by atoms with Crippen molar-refractivity contribution in [2.45, 2.75) is 19.4 Å². The van der Waals surface area contributed by atoms with Gasteiger partial charge in [-0.3, -0.25) is 9.59 Å². The van der Waals surface area contributed by atoms with Crippen LogP contribution in [-0.4, -0.2) is 47.6 Å². The van der Waals surface area contributed by atoms with E-state index in [9.17, 15) is 14.7 Å². The summed E-state index contributed by atoms with van der Waals surface area (Å²) in [6, 6.07) is 7.00. The number of likely N-dealkylation sites (tertiary alicyclic amines) is 1. The summed E-state index contributed by atoms with van der Waals surface area (Å²) in [4.78, 5) is 26.8. The maximum absolute atomic E-state index is 12.3. The number of rotatable bonds is 2. The number of carbonyl (C=O) groups excluding carboxylic acids is 2. The Morgan fingerprint density at radius 1 is 1.32 bits per heavy atom. The lowest BCUT2D eigenvalue weighted by molar-refractivity contribution is -0.116. The first-order valence-electron chi connectivity index (χ1n) is 6.17. The van der Waals surface area contributed by atoms with E-state index in [0.717, 1.165) is 0 Å². The molecule has 1 aliphatic rings. The monoisotopic (exact) mass is 262 g/mol. The van der Waals surface area contributed by atoms with Crippen LogP contribution in [-0.2, 0) is 4.79 Å². The van der Waals surface area contributed by atoms with Gasteiger partial charge in [-0.1, -0.05) is 12.1 Å². The van der Waals surface area contributed by atoms with E-state index in [4.69, 9.17) is 0 Å². The molecule has 0 atom stereocenters. The van der Waals surface area contributed by atoms with Crippen molar-refractivity contribution in [3.63, 3.8) is 0 Å². The number of hydrogen-bond acceptors (Lipinski definition) is 3. The summed E-state index contributed by atoms with van der Waals surface area (Å²) in [5.74, 6) is -0.286. The van der Waals surface area contributed by atoms with Gasteiger partial charge in [-0.2, -0.15) is 0 Å². The van der Waals surface area contributed by atoms with Crippen LogP contribution in [0.3, 0.4) is 0 Å². The Balaban J connectivity index is 2.25. The Morgan fingerprint density at radius 2 is 1.89 bits per heavy atom. The Kier molecular flexibility index (Phi) is 3.32. The molecule has 19 heavy (non-hydrogen) atoms. The number of carbonyl (C=O) groups is 2. The quantitative estimate of drug-likeness (QED) is 0.860. The summed E-state index contributed by atoms with van der Waals surface area (Å²) in [6.45, 7) is 3.80. The predicted octanol–water partition coefficient (Wildman–Crippen LogP) is 0.876. The highest BCUT2D eigenvalue weighted by atomic mass is 16.3. The van der Waals surface area contributed by atoms with E-state index in [-0.39, 0.29) is 11.8 Å². The molecule has 1 aromatic carbocycles. The lowest BCUT2D eigenvalue weighted by Gasteiger charge is -2.44. The maximum atomic E-state index is 12.3. The van der Waals surface area contributed by atoms with Gasteiger partial charge in [0, 0.05) is 14.0 Å². The molecule has 5 heteroatoms. The molecule has 0 aromatic heterocycles. The van der Waals surface area contributed by atoms with E-state index in [1.54, 1.807) is 43.1 Å². The minimum atomic E-state index is -0.795. The molecule has 0 radical (unpaired) electrons. The fraction of sp³-hybridized carbons (Fsp3) is 0.429. The average Bonchev–Trinajstić information content (AvgIpc) is 2.34. The van der Waals surface area contributed by atoms with Gasteiger partial charge in [-0.25, -0.2) is 0 Å². The largest absolute Gasteiger partial charge is 0.386 e. The number of β-amino-alcohol motifs (C(OH)–C–C–N with tert-alkyl or cyclic N) is 1. The molecule has 1 fully saturated rings. The second-order valence-electron chi connectivity index (χ2n) is 5.25. The zero-order valence-corrected chi connectivity index (χ0v) is 11.4. The third-order valence-corrected chi connectivity index (χ3v) is 3.32. The molecule has 1 aromatic rings. The summed E-state index contributed by atoms with van der Waals surface area (Å²) in [6.07, 6.45) is 0. The molecule has 1 saturated heterocycles. The lowest BCUT2D eigenvalue weighted by Crippen LogP contribution is -2.61. The highest BCUT2D eigenvalue weighted by molar-refractivity contribution is 6.04. The van der Waals surface area contributed by atoms with Crippen molar-refractivity contribution < 1.29 is 14.7 Å². The Bertz CT molecular complexity index is 517. The van der Waals surface area contributed by atoms with E-state index >= 15 is 0 Å². The smallest absolute Gasteiger partial charge is 0.256 e. The standard InChI is InChI=1S/C14H18N2O3/c1-10(17)15(3)12-7-5-4-6-11(12)13(18)16-8-14(2,19)9-16/h4-7,19H,8-9H2,1-3H3. The summed E-state index contributed by atoms with van der Waals surface area (Å²) in [7, 11) is 1.64. The molecule has 5 nitrogen and oxygen atoms in total. The van der Waals surface area contributed by atoms with E-state index in [0.29, 0.717) is 24.3 Å². The van der Waals surface area contributed by atoms with E-state index in [2.05, 4.69) is 0 Å². The van der Waals surface area contributed by atoms with Crippen LogP contribution >= 0.6 is 0 Å². The molecule has 0 spiro atoms. The Labute approximate surface area is 112 Å². The summed E-state index contributed by atoms with van der Waals surface area (Å²) in [5.41, 5.74) is 0.277. The number of nitrogens with zero attached hydrogens (tertiary/aromatic N) is 2. The molecule has 0 bridgehead atoms. The molecule has 1 aliphatic heterocycles. The van der Waals surface area contributed by atoms with Crippen molar-refractivity contribution in [1.82, 2.24) is 4.90 Å². The van der Waals surface area contributed by atoms with Crippen molar-refractivity contribution in [3.8, 4) is 0 Å². The van der Waals surface area contributed by atoms with Crippen LogP contribution in [0, 0.1) is 0 Å². The zero-order valence-electron chi connectivity index (χ0n) is 11.4. The van der Waals surface area contributed by atoms with Gasteiger partial charge in [0.15, 0.2) is 0 Å². The second kappa shape index (κ2) is 4.66. The number of amides is 2. The molecular weight excluding hydrogens is 244 g/mol. The highest BCUT2D eigenvalue weighted by Crippen LogP contribution is 2.26. The molecule has 2 rings (SSSR count). The fourth-order valence-electron chi connectivity index (χ4n) is 2.21. The van der Waals surface area contributed by atoms with E-state index in [1.807, 2.05) is 0 Å². The first kappa shape index (κ1) is 13.5. The van der Waals surface area contributed by atoms with Crippen molar-refractivity contribution in [2.75, 3.05) is 25.0 Å². The lowest BCUT2D eigenvalue weighted by atomic mass is 9.95. The van der Waals surface area contributed by atoms with Gasteiger partial charge < -0.3 is 14.9 Å². The predicted molar refractivity (Wildman–Crippen MR) is 72.1 cm³/mol. The topological polar surface area (TPSA) is 60.9 Å². The van der Waals surface area contributed by atoms with Gasteiger partial charge >= 0.3 is 0 Å². The second-order valence-corrected chi connectivity index (χ2v) is 5.25. The molecule has 0 unspecified atom stereocenters. The van der Waals surface area contributed by atoms with Gasteiger partial charge in [0.2, 0.25) is 5.91 Å². The van der Waals surface area contributed by atoms with E-state index in [1.165, 1.54) is 11.8 Å².